The Balaban J connectivity index is 1.95. The number of hydrogen-bond acceptors (Lipinski definition) is 3. The molecule has 0 aliphatic heterocycles. The molecule has 96 valence electrons. The maximum absolute atomic E-state index is 8.47. The fourth-order valence-corrected chi connectivity index (χ4v) is 1.87. The highest BCUT2D eigenvalue weighted by Gasteiger charge is 1.97. The van der Waals surface area contributed by atoms with Crippen molar-refractivity contribution >= 4 is 11.4 Å². The molecule has 0 spiro atoms. The monoisotopic (exact) mass is 251 g/mol. The fourth-order valence-electron chi connectivity index (χ4n) is 1.87. The van der Waals surface area contributed by atoms with Gasteiger partial charge < -0.3 is 11.1 Å². The van der Waals surface area contributed by atoms with Crippen LogP contribution in [0.2, 0.25) is 0 Å². The van der Waals surface area contributed by atoms with Crippen molar-refractivity contribution in [3.8, 4) is 6.07 Å². The van der Waals surface area contributed by atoms with Crippen LogP contribution in [0.25, 0.3) is 0 Å². The van der Waals surface area contributed by atoms with Crippen molar-refractivity contribution in [3.05, 3.63) is 59.7 Å². The van der Waals surface area contributed by atoms with E-state index in [1.807, 2.05) is 24.3 Å². The van der Waals surface area contributed by atoms with Crippen LogP contribution in [-0.4, -0.2) is 6.54 Å². The second-order valence-corrected chi connectivity index (χ2v) is 4.45. The van der Waals surface area contributed by atoms with Gasteiger partial charge in [-0.15, -0.1) is 0 Å². The predicted molar refractivity (Wildman–Crippen MR) is 78.8 cm³/mol. The molecule has 0 atom stereocenters. The van der Waals surface area contributed by atoms with Gasteiger partial charge in [-0.05, 0) is 41.8 Å². The molecule has 19 heavy (non-hydrogen) atoms. The highest BCUT2D eigenvalue weighted by atomic mass is 14.9. The number of nitrogens with zero attached hydrogens (tertiary/aromatic N) is 1. The van der Waals surface area contributed by atoms with Crippen LogP contribution in [0.3, 0.4) is 0 Å². The Hall–Kier alpha value is -2.47. The van der Waals surface area contributed by atoms with Crippen molar-refractivity contribution in [3.63, 3.8) is 0 Å². The van der Waals surface area contributed by atoms with Crippen LogP contribution in [0.1, 0.15) is 17.5 Å². The van der Waals surface area contributed by atoms with Crippen LogP contribution in [0.4, 0.5) is 11.4 Å². The van der Waals surface area contributed by atoms with Gasteiger partial charge >= 0.3 is 0 Å². The van der Waals surface area contributed by atoms with Gasteiger partial charge in [0.1, 0.15) is 0 Å². The summed E-state index contributed by atoms with van der Waals surface area (Å²) in [4.78, 5) is 0. The molecule has 0 saturated heterocycles. The molecule has 0 aliphatic carbocycles. The third-order valence-electron chi connectivity index (χ3n) is 2.91. The Morgan fingerprint density at radius 2 is 1.53 bits per heavy atom. The molecule has 0 saturated carbocycles. The van der Waals surface area contributed by atoms with E-state index in [0.29, 0.717) is 13.0 Å². The molecule has 2 rings (SSSR count). The number of benzene rings is 2. The van der Waals surface area contributed by atoms with Crippen molar-refractivity contribution in [1.82, 2.24) is 0 Å². The van der Waals surface area contributed by atoms with Crippen LogP contribution in [0, 0.1) is 11.3 Å². The first-order valence-electron chi connectivity index (χ1n) is 6.32. The first-order chi connectivity index (χ1) is 9.28. The molecule has 0 heterocycles. The summed E-state index contributed by atoms with van der Waals surface area (Å²) >= 11 is 0. The van der Waals surface area contributed by atoms with Crippen molar-refractivity contribution < 1.29 is 0 Å². The maximum atomic E-state index is 8.47. The minimum atomic E-state index is 0.521. The molecule has 3 nitrogen and oxygen atoms in total. The normalized spacial score (nSPS) is 9.84. The van der Waals surface area contributed by atoms with Crippen LogP contribution < -0.4 is 11.1 Å². The highest BCUT2D eigenvalue weighted by molar-refractivity contribution is 5.46. The molecule has 0 aromatic heterocycles. The molecular weight excluding hydrogens is 234 g/mol. The lowest BCUT2D eigenvalue weighted by Crippen LogP contribution is -2.00. The first-order valence-corrected chi connectivity index (χ1v) is 6.32. The van der Waals surface area contributed by atoms with E-state index in [0.717, 1.165) is 17.8 Å². The lowest BCUT2D eigenvalue weighted by atomic mass is 10.0. The molecule has 0 fully saturated rings. The number of nitrogens with two attached hydrogens (primary N) is 1. The summed E-state index contributed by atoms with van der Waals surface area (Å²) in [6.45, 7) is 0.688. The first kappa shape index (κ1) is 13.0. The van der Waals surface area contributed by atoms with Crippen molar-refractivity contribution in [2.24, 2.45) is 0 Å². The van der Waals surface area contributed by atoms with Crippen molar-refractivity contribution in [2.45, 2.75) is 12.8 Å². The summed E-state index contributed by atoms with van der Waals surface area (Å²) in [6.07, 6.45) is 1.42. The van der Waals surface area contributed by atoms with E-state index in [-0.39, 0.29) is 0 Å². The van der Waals surface area contributed by atoms with Crippen LogP contribution in [-0.2, 0) is 6.42 Å². The van der Waals surface area contributed by atoms with E-state index < -0.39 is 0 Å². The van der Waals surface area contributed by atoms with Gasteiger partial charge in [0.05, 0.1) is 12.5 Å². The molecule has 3 N–H and O–H groups in total. The third-order valence-corrected chi connectivity index (χ3v) is 2.91. The van der Waals surface area contributed by atoms with Gasteiger partial charge in [0.15, 0.2) is 0 Å². The Morgan fingerprint density at radius 3 is 2.11 bits per heavy atom. The quantitative estimate of drug-likeness (QED) is 0.633. The van der Waals surface area contributed by atoms with Crippen LogP contribution in [0.5, 0.6) is 0 Å². The van der Waals surface area contributed by atoms with E-state index in [9.17, 15) is 0 Å². The Bertz CT molecular complexity index is 550. The number of anilines is 2. The fraction of sp³-hybridized carbons (Fsp3) is 0.188. The minimum absolute atomic E-state index is 0.521. The van der Waals surface area contributed by atoms with Gasteiger partial charge in [0.25, 0.3) is 0 Å². The van der Waals surface area contributed by atoms with E-state index in [1.54, 1.807) is 0 Å². The van der Waals surface area contributed by atoms with Gasteiger partial charge in [-0.25, -0.2) is 0 Å². The average molecular weight is 251 g/mol. The molecule has 2 aromatic rings. The van der Waals surface area contributed by atoms with E-state index in [1.165, 1.54) is 11.1 Å². The van der Waals surface area contributed by atoms with Crippen LogP contribution in [0.15, 0.2) is 48.5 Å². The average Bonchev–Trinajstić information content (AvgIpc) is 2.44. The van der Waals surface area contributed by atoms with Gasteiger partial charge in [-0.2, -0.15) is 5.26 Å². The maximum Gasteiger partial charge on any atom is 0.0640 e. The summed E-state index contributed by atoms with van der Waals surface area (Å²) in [5.74, 6) is 0. The molecule has 3 heteroatoms. The van der Waals surface area contributed by atoms with Gasteiger partial charge in [0, 0.05) is 17.9 Å². The Morgan fingerprint density at radius 1 is 0.947 bits per heavy atom. The number of hydrogen-bond donors (Lipinski definition) is 2. The zero-order valence-electron chi connectivity index (χ0n) is 10.8. The second kappa shape index (κ2) is 6.46. The topological polar surface area (TPSA) is 61.8 Å². The smallest absolute Gasteiger partial charge is 0.0640 e. The lowest BCUT2D eigenvalue weighted by molar-refractivity contribution is 1.07. The van der Waals surface area contributed by atoms with E-state index >= 15 is 0 Å². The minimum Gasteiger partial charge on any atom is -0.399 e. The standard InChI is InChI=1S/C16H17N3/c17-10-1-11-19-16-8-4-14(5-9-16)12-13-2-6-15(18)7-3-13/h2-9,19H,1,11-12,18H2. The zero-order valence-corrected chi connectivity index (χ0v) is 10.8. The molecular formula is C16H17N3. The molecule has 0 aliphatic rings. The van der Waals surface area contributed by atoms with Gasteiger partial charge in [-0.3, -0.25) is 0 Å². The van der Waals surface area contributed by atoms with Gasteiger partial charge in [-0.1, -0.05) is 24.3 Å². The van der Waals surface area contributed by atoms with Gasteiger partial charge in [0.2, 0.25) is 0 Å². The second-order valence-electron chi connectivity index (χ2n) is 4.45. The highest BCUT2D eigenvalue weighted by Crippen LogP contribution is 2.14. The summed E-state index contributed by atoms with van der Waals surface area (Å²) in [6, 6.07) is 18.4. The SMILES string of the molecule is N#CCCNc1ccc(Cc2ccc(N)cc2)cc1. The van der Waals surface area contributed by atoms with E-state index in [2.05, 4.69) is 35.7 Å². The Labute approximate surface area is 113 Å². The number of nitrogens with one attached hydrogen (secondary N) is 1. The molecule has 2 aromatic carbocycles. The third kappa shape index (κ3) is 4.04. The lowest BCUT2D eigenvalue weighted by Gasteiger charge is -2.06. The molecule has 0 bridgehead atoms. The molecule has 0 amide bonds. The predicted octanol–water partition coefficient (Wildman–Crippen LogP) is 3.19. The summed E-state index contributed by atoms with van der Waals surface area (Å²) in [5.41, 5.74) is 10.0. The largest absolute Gasteiger partial charge is 0.399 e. The summed E-state index contributed by atoms with van der Waals surface area (Å²) in [7, 11) is 0. The summed E-state index contributed by atoms with van der Waals surface area (Å²) in [5, 5.41) is 11.7. The number of nitriles is 1. The summed E-state index contributed by atoms with van der Waals surface area (Å²) < 4.78 is 0. The Kier molecular flexibility index (Phi) is 4.41. The van der Waals surface area contributed by atoms with Crippen LogP contribution >= 0.6 is 0 Å². The van der Waals surface area contributed by atoms with Crippen molar-refractivity contribution in [2.75, 3.05) is 17.6 Å². The molecule has 0 radical (unpaired) electrons. The van der Waals surface area contributed by atoms with E-state index in [4.69, 9.17) is 11.0 Å². The number of rotatable bonds is 5. The molecule has 0 unspecified atom stereocenters. The zero-order chi connectivity index (χ0) is 13.5. The number of nitrogen functional groups attached to an aromatic ring is 1. The van der Waals surface area contributed by atoms with Crippen molar-refractivity contribution in [1.29, 1.82) is 5.26 Å².